The zero-order valence-corrected chi connectivity index (χ0v) is 15.3. The summed E-state index contributed by atoms with van der Waals surface area (Å²) in [7, 11) is 0. The SMILES string of the molecule is CCCCN1CCCCC1CNC(=O)c1ccn(-c2ccccc2F)n1. The summed E-state index contributed by atoms with van der Waals surface area (Å²) in [5.41, 5.74) is 0.647. The number of unbranched alkanes of at least 4 members (excludes halogenated alkanes) is 1. The molecule has 0 radical (unpaired) electrons. The summed E-state index contributed by atoms with van der Waals surface area (Å²) in [6.45, 7) is 5.04. The van der Waals surface area contributed by atoms with Gasteiger partial charge in [0.2, 0.25) is 0 Å². The van der Waals surface area contributed by atoms with Gasteiger partial charge < -0.3 is 5.32 Å². The number of nitrogens with one attached hydrogen (secondary N) is 1. The van der Waals surface area contributed by atoms with E-state index in [1.165, 1.54) is 36.4 Å². The van der Waals surface area contributed by atoms with Gasteiger partial charge in [0.1, 0.15) is 11.5 Å². The normalized spacial score (nSPS) is 18.0. The Balaban J connectivity index is 1.59. The van der Waals surface area contributed by atoms with Crippen LogP contribution in [-0.4, -0.2) is 46.3 Å². The number of halogens is 1. The molecule has 1 N–H and O–H groups in total. The third-order valence-electron chi connectivity index (χ3n) is 4.97. The molecule has 1 fully saturated rings. The van der Waals surface area contributed by atoms with E-state index in [0.717, 1.165) is 19.5 Å². The quantitative estimate of drug-likeness (QED) is 0.825. The number of rotatable bonds is 7. The number of benzene rings is 1. The highest BCUT2D eigenvalue weighted by molar-refractivity contribution is 5.92. The molecule has 1 aromatic carbocycles. The molecule has 140 valence electrons. The molecule has 5 nitrogen and oxygen atoms in total. The molecule has 6 heteroatoms. The molecule has 0 spiro atoms. The summed E-state index contributed by atoms with van der Waals surface area (Å²) < 4.78 is 15.3. The van der Waals surface area contributed by atoms with Gasteiger partial charge in [-0.2, -0.15) is 5.10 Å². The minimum Gasteiger partial charge on any atom is -0.349 e. The Hall–Kier alpha value is -2.21. The van der Waals surface area contributed by atoms with E-state index in [-0.39, 0.29) is 11.7 Å². The van der Waals surface area contributed by atoms with Gasteiger partial charge >= 0.3 is 0 Å². The van der Waals surface area contributed by atoms with E-state index in [9.17, 15) is 9.18 Å². The lowest BCUT2D eigenvalue weighted by atomic mass is 10.0. The van der Waals surface area contributed by atoms with Crippen molar-refractivity contribution in [2.24, 2.45) is 0 Å². The zero-order valence-electron chi connectivity index (χ0n) is 15.3. The van der Waals surface area contributed by atoms with Gasteiger partial charge in [0.15, 0.2) is 5.69 Å². The second kappa shape index (κ2) is 8.94. The predicted octanol–water partition coefficient (Wildman–Crippen LogP) is 3.40. The number of carbonyl (C=O) groups is 1. The molecule has 1 saturated heterocycles. The van der Waals surface area contributed by atoms with E-state index in [1.807, 2.05) is 0 Å². The number of aromatic nitrogens is 2. The number of nitrogens with zero attached hydrogens (tertiary/aromatic N) is 3. The second-order valence-electron chi connectivity index (χ2n) is 6.85. The Labute approximate surface area is 154 Å². The molecule has 0 aliphatic carbocycles. The summed E-state index contributed by atoms with van der Waals surface area (Å²) in [5, 5.41) is 7.23. The van der Waals surface area contributed by atoms with E-state index >= 15 is 0 Å². The first-order chi connectivity index (χ1) is 12.7. The molecule has 1 atom stereocenters. The highest BCUT2D eigenvalue weighted by atomic mass is 19.1. The molecule has 3 rings (SSSR count). The Morgan fingerprint density at radius 2 is 2.15 bits per heavy atom. The first-order valence-electron chi connectivity index (χ1n) is 9.52. The van der Waals surface area contributed by atoms with Crippen molar-refractivity contribution in [3.8, 4) is 5.69 Å². The molecule has 0 bridgehead atoms. The van der Waals surface area contributed by atoms with Crippen molar-refractivity contribution in [3.05, 3.63) is 48.0 Å². The highest BCUT2D eigenvalue weighted by Crippen LogP contribution is 2.17. The molecule has 0 saturated carbocycles. The number of likely N-dealkylation sites (tertiary alicyclic amines) is 1. The molecular weight excluding hydrogens is 331 g/mol. The van der Waals surface area contributed by atoms with Gasteiger partial charge in [-0.15, -0.1) is 0 Å². The van der Waals surface area contributed by atoms with Gasteiger partial charge in [-0.05, 0) is 50.6 Å². The van der Waals surface area contributed by atoms with E-state index in [2.05, 4.69) is 22.2 Å². The number of hydrogen-bond acceptors (Lipinski definition) is 3. The second-order valence-corrected chi connectivity index (χ2v) is 6.85. The smallest absolute Gasteiger partial charge is 0.271 e. The average molecular weight is 358 g/mol. The van der Waals surface area contributed by atoms with Crippen molar-refractivity contribution in [2.75, 3.05) is 19.6 Å². The van der Waals surface area contributed by atoms with Crippen LogP contribution < -0.4 is 5.32 Å². The summed E-state index contributed by atoms with van der Waals surface area (Å²) in [5.74, 6) is -0.572. The molecule has 2 aromatic rings. The van der Waals surface area contributed by atoms with Crippen LogP contribution in [-0.2, 0) is 0 Å². The minimum absolute atomic E-state index is 0.207. The van der Waals surface area contributed by atoms with Crippen LogP contribution in [0.5, 0.6) is 0 Å². The van der Waals surface area contributed by atoms with Gasteiger partial charge in [0.25, 0.3) is 5.91 Å². The maximum atomic E-state index is 13.9. The summed E-state index contributed by atoms with van der Waals surface area (Å²) in [6.07, 6.45) is 7.56. The van der Waals surface area contributed by atoms with E-state index < -0.39 is 0 Å². The molecule has 1 aliphatic heterocycles. The van der Waals surface area contributed by atoms with Crippen molar-refractivity contribution in [1.29, 1.82) is 0 Å². The summed E-state index contributed by atoms with van der Waals surface area (Å²) in [6, 6.07) is 8.41. The van der Waals surface area contributed by atoms with Gasteiger partial charge in [-0.3, -0.25) is 9.69 Å². The highest BCUT2D eigenvalue weighted by Gasteiger charge is 2.22. The zero-order chi connectivity index (χ0) is 18.4. The van der Waals surface area contributed by atoms with Crippen LogP contribution in [0, 0.1) is 5.82 Å². The van der Waals surface area contributed by atoms with Crippen molar-refractivity contribution in [2.45, 2.75) is 45.1 Å². The lowest BCUT2D eigenvalue weighted by Gasteiger charge is -2.35. The van der Waals surface area contributed by atoms with Gasteiger partial charge in [-0.1, -0.05) is 31.9 Å². The van der Waals surface area contributed by atoms with Crippen LogP contribution in [0.1, 0.15) is 49.5 Å². The standard InChI is InChI=1S/C20H27FN4O/c1-2-3-12-24-13-7-6-8-16(24)15-22-20(26)18-11-14-25(23-18)19-10-5-4-9-17(19)21/h4-5,9-11,14,16H,2-3,6-8,12-13,15H2,1H3,(H,22,26). The molecule has 1 aliphatic rings. The van der Waals surface area contributed by atoms with Gasteiger partial charge in [-0.25, -0.2) is 9.07 Å². The van der Waals surface area contributed by atoms with Crippen molar-refractivity contribution < 1.29 is 9.18 Å². The number of amides is 1. The largest absolute Gasteiger partial charge is 0.349 e. The van der Waals surface area contributed by atoms with Crippen LogP contribution in [0.2, 0.25) is 0 Å². The van der Waals surface area contributed by atoms with Crippen LogP contribution in [0.3, 0.4) is 0 Å². The third-order valence-corrected chi connectivity index (χ3v) is 4.97. The molecule has 1 unspecified atom stereocenters. The summed E-state index contributed by atoms with van der Waals surface area (Å²) >= 11 is 0. The predicted molar refractivity (Wildman–Crippen MR) is 100.0 cm³/mol. The Bertz CT molecular complexity index is 730. The topological polar surface area (TPSA) is 50.2 Å². The maximum Gasteiger partial charge on any atom is 0.271 e. The molecular formula is C20H27FN4O. The average Bonchev–Trinajstić information content (AvgIpc) is 3.15. The lowest BCUT2D eigenvalue weighted by molar-refractivity contribution is 0.0907. The van der Waals surface area contributed by atoms with E-state index in [0.29, 0.717) is 24.0 Å². The molecule has 2 heterocycles. The summed E-state index contributed by atoms with van der Waals surface area (Å²) in [4.78, 5) is 14.9. The number of para-hydroxylation sites is 1. The third kappa shape index (κ3) is 4.49. The Morgan fingerprint density at radius 1 is 1.31 bits per heavy atom. The maximum absolute atomic E-state index is 13.9. The molecule has 1 aromatic heterocycles. The van der Waals surface area contributed by atoms with Gasteiger partial charge in [0, 0.05) is 18.8 Å². The van der Waals surface area contributed by atoms with E-state index in [1.54, 1.807) is 30.5 Å². The Kier molecular flexibility index (Phi) is 6.39. The van der Waals surface area contributed by atoms with Crippen molar-refractivity contribution in [1.82, 2.24) is 20.0 Å². The van der Waals surface area contributed by atoms with Crippen molar-refractivity contribution >= 4 is 5.91 Å². The van der Waals surface area contributed by atoms with Crippen molar-refractivity contribution in [3.63, 3.8) is 0 Å². The van der Waals surface area contributed by atoms with Crippen LogP contribution in [0.4, 0.5) is 4.39 Å². The monoisotopic (exact) mass is 358 g/mol. The van der Waals surface area contributed by atoms with Gasteiger partial charge in [0.05, 0.1) is 0 Å². The number of carbonyl (C=O) groups excluding carboxylic acids is 1. The molecule has 26 heavy (non-hydrogen) atoms. The van der Waals surface area contributed by atoms with Crippen LogP contribution in [0.15, 0.2) is 36.5 Å². The molecule has 1 amide bonds. The number of hydrogen-bond donors (Lipinski definition) is 1. The lowest BCUT2D eigenvalue weighted by Crippen LogP contribution is -2.47. The van der Waals surface area contributed by atoms with Crippen LogP contribution in [0.25, 0.3) is 5.69 Å². The van der Waals surface area contributed by atoms with E-state index in [4.69, 9.17) is 0 Å². The minimum atomic E-state index is -0.365. The Morgan fingerprint density at radius 3 is 2.96 bits per heavy atom. The first-order valence-corrected chi connectivity index (χ1v) is 9.52. The number of piperidine rings is 1. The fourth-order valence-corrected chi connectivity index (χ4v) is 3.46. The fourth-order valence-electron chi connectivity index (χ4n) is 3.46. The first kappa shape index (κ1) is 18.6. The van der Waals surface area contributed by atoms with Crippen LogP contribution >= 0.6 is 0 Å². The fraction of sp³-hybridized carbons (Fsp3) is 0.500.